The van der Waals surface area contributed by atoms with Gasteiger partial charge in [0.25, 0.3) is 17.7 Å². The first kappa shape index (κ1) is 31.0. The smallest absolute Gasteiger partial charge is 0.257 e. The van der Waals surface area contributed by atoms with E-state index in [-0.39, 0.29) is 36.8 Å². The van der Waals surface area contributed by atoms with Gasteiger partial charge in [-0.2, -0.15) is 0 Å². The van der Waals surface area contributed by atoms with E-state index in [1.807, 2.05) is 0 Å². The Bertz CT molecular complexity index is 1700. The summed E-state index contributed by atoms with van der Waals surface area (Å²) >= 11 is 0. The van der Waals surface area contributed by atoms with E-state index in [4.69, 9.17) is 18.9 Å². The number of ether oxygens (including phenoxy) is 4. The molecule has 0 aliphatic carbocycles. The number of likely N-dealkylation sites (N-methyl/N-ethyl adjacent to an activating group) is 2. The molecule has 242 valence electrons. The maximum atomic E-state index is 13.6. The van der Waals surface area contributed by atoms with E-state index < -0.39 is 11.6 Å². The van der Waals surface area contributed by atoms with Crippen molar-refractivity contribution < 1.29 is 38.1 Å². The van der Waals surface area contributed by atoms with E-state index >= 15 is 0 Å². The molecule has 4 amide bonds. The van der Waals surface area contributed by atoms with E-state index in [0.717, 1.165) is 11.1 Å². The number of carbonyl (C=O) groups is 4. The first-order valence-corrected chi connectivity index (χ1v) is 15.1. The molecule has 4 heterocycles. The summed E-state index contributed by atoms with van der Waals surface area (Å²) in [5.41, 5.74) is 2.27. The van der Waals surface area contributed by atoms with Crippen LogP contribution in [0.15, 0.2) is 48.6 Å². The molecule has 46 heavy (non-hydrogen) atoms. The van der Waals surface area contributed by atoms with Crippen LogP contribution in [0.2, 0.25) is 0 Å². The minimum atomic E-state index is -1.01. The molecule has 2 fully saturated rings. The van der Waals surface area contributed by atoms with Crippen LogP contribution >= 0.6 is 0 Å². The second-order valence-electron chi connectivity index (χ2n) is 12.3. The molecule has 2 atom stereocenters. The van der Waals surface area contributed by atoms with Gasteiger partial charge in [-0.05, 0) is 25.5 Å². The van der Waals surface area contributed by atoms with Crippen molar-refractivity contribution in [2.45, 2.75) is 37.8 Å². The lowest BCUT2D eigenvalue weighted by atomic mass is 9.96. The molecule has 0 N–H and O–H groups in total. The Kier molecular flexibility index (Phi) is 7.69. The molecule has 0 bridgehead atoms. The van der Waals surface area contributed by atoms with Crippen LogP contribution in [0.1, 0.15) is 46.9 Å². The molecule has 12 nitrogen and oxygen atoms in total. The Balaban J connectivity index is 1.16. The molecule has 2 aromatic rings. The van der Waals surface area contributed by atoms with Crippen LogP contribution in [0.5, 0.6) is 23.0 Å². The maximum Gasteiger partial charge on any atom is 0.257 e. The maximum absolute atomic E-state index is 13.6. The van der Waals surface area contributed by atoms with Crippen molar-refractivity contribution in [2.24, 2.45) is 0 Å². The quantitative estimate of drug-likeness (QED) is 0.322. The Morgan fingerprint density at radius 2 is 1.35 bits per heavy atom. The van der Waals surface area contributed by atoms with Gasteiger partial charge in [0, 0.05) is 52.2 Å². The fourth-order valence-electron chi connectivity index (χ4n) is 6.83. The number of fused-ring (bicyclic) bond motifs is 4. The molecular weight excluding hydrogens is 592 g/mol. The van der Waals surface area contributed by atoms with Crippen molar-refractivity contribution in [3.63, 3.8) is 0 Å². The molecule has 2 aromatic carbocycles. The molecule has 2 unspecified atom stereocenters. The van der Waals surface area contributed by atoms with Gasteiger partial charge >= 0.3 is 0 Å². The zero-order valence-corrected chi connectivity index (χ0v) is 26.8. The van der Waals surface area contributed by atoms with Crippen molar-refractivity contribution in [1.29, 1.82) is 0 Å². The Morgan fingerprint density at radius 1 is 0.783 bits per heavy atom. The fourth-order valence-corrected chi connectivity index (χ4v) is 6.83. The number of anilines is 2. The van der Waals surface area contributed by atoms with Crippen LogP contribution in [0.3, 0.4) is 0 Å². The van der Waals surface area contributed by atoms with Crippen molar-refractivity contribution >= 4 is 35.0 Å². The second kappa shape index (κ2) is 11.4. The number of methoxy groups -OCH3 is 2. The standard InChI is InChI=1S/C34H38N4O8/c1-19-11-25-32(41)35(4)23-14-28(26(43-6)12-21(23)30(39)37(25)17-19)45-9-8-10-46-29-15-24-22(13-27(29)44-7)31(40)38-18-20(2)16-34(38,3)33(42)36(24)5/h12-15,25H,1-2,8-11,16-18H2,3-7H3. The van der Waals surface area contributed by atoms with Crippen LogP contribution < -0.4 is 28.7 Å². The summed E-state index contributed by atoms with van der Waals surface area (Å²) in [4.78, 5) is 59.9. The lowest BCUT2D eigenvalue weighted by Crippen LogP contribution is -2.53. The third-order valence-electron chi connectivity index (χ3n) is 9.26. The first-order valence-electron chi connectivity index (χ1n) is 15.1. The van der Waals surface area contributed by atoms with Crippen LogP contribution in [0, 0.1) is 0 Å². The highest BCUT2D eigenvalue weighted by molar-refractivity contribution is 6.14. The summed E-state index contributed by atoms with van der Waals surface area (Å²) in [5, 5.41) is 0. The highest BCUT2D eigenvalue weighted by Gasteiger charge is 2.52. The Hall–Kier alpha value is -5.00. The SMILES string of the molecule is C=C1CC2C(=O)N(C)c3cc(OCCCOc4cc5c(cc4OC)C(=O)N4CC(=C)CC4(C)C(=O)N5C)c(OC)cc3C(=O)N2C1. The first-order chi connectivity index (χ1) is 21.9. The van der Waals surface area contributed by atoms with Crippen LogP contribution in [0.4, 0.5) is 11.4 Å². The lowest BCUT2D eigenvalue weighted by molar-refractivity contribution is -0.126. The van der Waals surface area contributed by atoms with Crippen molar-refractivity contribution in [3.05, 3.63) is 59.7 Å². The molecule has 6 rings (SSSR count). The normalized spacial score (nSPS) is 22.3. The number of hydrogen-bond acceptors (Lipinski definition) is 8. The summed E-state index contributed by atoms with van der Waals surface area (Å²) in [5.74, 6) is 0.613. The minimum absolute atomic E-state index is 0.182. The molecule has 0 aromatic heterocycles. The number of amides is 4. The molecule has 0 spiro atoms. The van der Waals surface area contributed by atoms with E-state index in [2.05, 4.69) is 13.2 Å². The van der Waals surface area contributed by atoms with Gasteiger partial charge in [-0.25, -0.2) is 0 Å². The zero-order valence-electron chi connectivity index (χ0n) is 26.8. The Morgan fingerprint density at radius 3 is 1.93 bits per heavy atom. The fraction of sp³-hybridized carbons (Fsp3) is 0.412. The summed E-state index contributed by atoms with van der Waals surface area (Å²) < 4.78 is 23.2. The van der Waals surface area contributed by atoms with Gasteiger partial charge in [0.15, 0.2) is 23.0 Å². The topological polar surface area (TPSA) is 118 Å². The summed E-state index contributed by atoms with van der Waals surface area (Å²) in [6.45, 7) is 10.9. The summed E-state index contributed by atoms with van der Waals surface area (Å²) in [7, 11) is 6.29. The van der Waals surface area contributed by atoms with Gasteiger partial charge in [-0.3, -0.25) is 19.2 Å². The Labute approximate surface area is 267 Å². The predicted octanol–water partition coefficient (Wildman–Crippen LogP) is 3.44. The number of rotatable bonds is 8. The van der Waals surface area contributed by atoms with Crippen LogP contribution in [-0.2, 0) is 9.59 Å². The molecule has 0 radical (unpaired) electrons. The number of benzene rings is 2. The minimum Gasteiger partial charge on any atom is -0.493 e. The van der Waals surface area contributed by atoms with Gasteiger partial charge in [0.1, 0.15) is 11.6 Å². The third kappa shape index (κ3) is 4.83. The van der Waals surface area contributed by atoms with Gasteiger partial charge < -0.3 is 38.5 Å². The van der Waals surface area contributed by atoms with Crippen molar-refractivity contribution in [2.75, 3.05) is 64.4 Å². The molecule has 4 aliphatic rings. The van der Waals surface area contributed by atoms with Gasteiger partial charge in [0.05, 0.1) is 49.9 Å². The van der Waals surface area contributed by atoms with E-state index in [1.54, 1.807) is 55.1 Å². The van der Waals surface area contributed by atoms with Gasteiger partial charge in [-0.15, -0.1) is 0 Å². The van der Waals surface area contributed by atoms with Crippen molar-refractivity contribution in [3.8, 4) is 23.0 Å². The largest absolute Gasteiger partial charge is 0.493 e. The third-order valence-corrected chi connectivity index (χ3v) is 9.26. The number of hydrogen-bond donors (Lipinski definition) is 0. The highest BCUT2D eigenvalue weighted by atomic mass is 16.5. The van der Waals surface area contributed by atoms with Crippen LogP contribution in [-0.4, -0.2) is 99.6 Å². The van der Waals surface area contributed by atoms with E-state index in [9.17, 15) is 19.2 Å². The van der Waals surface area contributed by atoms with Crippen LogP contribution in [0.25, 0.3) is 0 Å². The highest BCUT2D eigenvalue weighted by Crippen LogP contribution is 2.44. The van der Waals surface area contributed by atoms with Gasteiger partial charge in [-0.1, -0.05) is 24.3 Å². The number of nitrogens with zero attached hydrogens (tertiary/aromatic N) is 4. The predicted molar refractivity (Wildman–Crippen MR) is 170 cm³/mol. The van der Waals surface area contributed by atoms with E-state index in [0.29, 0.717) is 77.9 Å². The molecular formula is C34H38N4O8. The summed E-state index contributed by atoms with van der Waals surface area (Å²) in [6, 6.07) is 5.96. The van der Waals surface area contributed by atoms with Gasteiger partial charge in [0.2, 0.25) is 5.91 Å². The van der Waals surface area contributed by atoms with E-state index in [1.165, 1.54) is 24.0 Å². The lowest BCUT2D eigenvalue weighted by Gasteiger charge is -2.32. The van der Waals surface area contributed by atoms with Crippen molar-refractivity contribution in [1.82, 2.24) is 9.80 Å². The second-order valence-corrected chi connectivity index (χ2v) is 12.3. The summed E-state index contributed by atoms with van der Waals surface area (Å²) in [6.07, 6.45) is 1.30. The monoisotopic (exact) mass is 630 g/mol. The molecule has 12 heteroatoms. The molecule has 2 saturated heterocycles. The molecule has 0 saturated carbocycles. The zero-order chi connectivity index (χ0) is 33.1. The average Bonchev–Trinajstić information content (AvgIpc) is 3.57. The number of carbonyl (C=O) groups excluding carboxylic acids is 4. The molecule has 4 aliphatic heterocycles. The average molecular weight is 631 g/mol.